The van der Waals surface area contributed by atoms with Gasteiger partial charge >= 0.3 is 12.0 Å². The minimum atomic E-state index is -0.604. The average Bonchev–Trinajstić information content (AvgIpc) is 3.10. The molecule has 0 unspecified atom stereocenters. The SMILES string of the molecule is CCOC(=O)CNC(=O)NCc1ccc([C@@H]2O[C@H](CN3CCN(c4ccc([N+](=O)[O-])cc4)CC3)C[C@H](c3ccc(CO)cc3)O2)cc1. The Kier molecular flexibility index (Phi) is 11.7. The third-order valence-electron chi connectivity index (χ3n) is 8.28. The highest BCUT2D eigenvalue weighted by Gasteiger charge is 2.34. The van der Waals surface area contributed by atoms with Crippen molar-refractivity contribution in [1.29, 1.82) is 0 Å². The Balaban J connectivity index is 1.20. The monoisotopic (exact) mass is 647 g/mol. The van der Waals surface area contributed by atoms with Crippen LogP contribution in [0.1, 0.15) is 48.0 Å². The van der Waals surface area contributed by atoms with Gasteiger partial charge in [-0.25, -0.2) is 4.79 Å². The molecule has 3 aromatic rings. The van der Waals surface area contributed by atoms with Crippen LogP contribution in [0.3, 0.4) is 0 Å². The number of carbonyl (C=O) groups excluding carboxylic acids is 2. The lowest BCUT2D eigenvalue weighted by molar-refractivity contribution is -0.384. The van der Waals surface area contributed by atoms with E-state index in [2.05, 4.69) is 20.4 Å². The molecule has 3 aromatic carbocycles. The van der Waals surface area contributed by atoms with Crippen LogP contribution in [0, 0.1) is 10.1 Å². The van der Waals surface area contributed by atoms with E-state index in [0.29, 0.717) is 6.42 Å². The molecule has 0 radical (unpaired) electrons. The molecule has 47 heavy (non-hydrogen) atoms. The molecular formula is C34H41N5O8. The summed E-state index contributed by atoms with van der Waals surface area (Å²) in [5, 5.41) is 25.7. The average molecular weight is 648 g/mol. The lowest BCUT2D eigenvalue weighted by Crippen LogP contribution is -2.49. The smallest absolute Gasteiger partial charge is 0.325 e. The second-order valence-corrected chi connectivity index (χ2v) is 11.5. The molecule has 3 N–H and O–H groups in total. The number of nitro benzene ring substituents is 1. The van der Waals surface area contributed by atoms with E-state index in [1.165, 1.54) is 0 Å². The largest absolute Gasteiger partial charge is 0.465 e. The van der Waals surface area contributed by atoms with Crippen LogP contribution in [0.5, 0.6) is 0 Å². The highest BCUT2D eigenvalue weighted by Crippen LogP contribution is 2.38. The minimum absolute atomic E-state index is 0.0275. The Labute approximate surface area is 273 Å². The molecule has 0 spiro atoms. The van der Waals surface area contributed by atoms with Crippen molar-refractivity contribution < 1.29 is 33.8 Å². The quantitative estimate of drug-likeness (QED) is 0.150. The highest BCUT2D eigenvalue weighted by molar-refractivity contribution is 5.80. The third kappa shape index (κ3) is 9.48. The summed E-state index contributed by atoms with van der Waals surface area (Å²) in [4.78, 5) is 38.8. The molecule has 2 saturated heterocycles. The summed E-state index contributed by atoms with van der Waals surface area (Å²) in [6, 6.07) is 21.7. The van der Waals surface area contributed by atoms with Gasteiger partial charge < -0.3 is 34.9 Å². The summed E-state index contributed by atoms with van der Waals surface area (Å²) in [5.41, 5.74) is 4.62. The summed E-state index contributed by atoms with van der Waals surface area (Å²) >= 11 is 0. The van der Waals surface area contributed by atoms with Crippen molar-refractivity contribution in [1.82, 2.24) is 15.5 Å². The number of hydrogen-bond donors (Lipinski definition) is 3. The van der Waals surface area contributed by atoms with Crippen molar-refractivity contribution in [2.24, 2.45) is 0 Å². The number of aliphatic hydroxyl groups excluding tert-OH is 1. The van der Waals surface area contributed by atoms with Gasteiger partial charge in [0.1, 0.15) is 6.54 Å². The molecule has 2 aliphatic heterocycles. The fourth-order valence-electron chi connectivity index (χ4n) is 5.70. The third-order valence-corrected chi connectivity index (χ3v) is 8.28. The molecule has 0 aliphatic carbocycles. The molecule has 2 aliphatic rings. The zero-order valence-electron chi connectivity index (χ0n) is 26.4. The fourth-order valence-corrected chi connectivity index (χ4v) is 5.70. The number of non-ortho nitro benzene ring substituents is 1. The number of nitro groups is 1. The van der Waals surface area contributed by atoms with Crippen LogP contribution < -0.4 is 15.5 Å². The number of amides is 2. The number of rotatable bonds is 12. The molecule has 2 fully saturated rings. The van der Waals surface area contributed by atoms with Crippen molar-refractivity contribution in [2.45, 2.75) is 45.0 Å². The maximum Gasteiger partial charge on any atom is 0.325 e. The Hall–Kier alpha value is -4.56. The van der Waals surface area contributed by atoms with E-state index in [0.717, 1.165) is 60.7 Å². The first-order chi connectivity index (χ1) is 22.8. The van der Waals surface area contributed by atoms with Crippen molar-refractivity contribution >= 4 is 23.4 Å². The molecule has 250 valence electrons. The summed E-state index contributed by atoms with van der Waals surface area (Å²) in [5.74, 6) is -0.495. The van der Waals surface area contributed by atoms with E-state index in [4.69, 9.17) is 14.2 Å². The topological polar surface area (TPSA) is 156 Å². The fraction of sp³-hybridized carbons (Fsp3) is 0.412. The first-order valence-corrected chi connectivity index (χ1v) is 15.8. The second kappa shape index (κ2) is 16.3. The molecule has 5 rings (SSSR count). The van der Waals surface area contributed by atoms with Gasteiger partial charge in [-0.3, -0.25) is 19.8 Å². The lowest BCUT2D eigenvalue weighted by atomic mass is 9.99. The molecule has 0 bridgehead atoms. The Bertz CT molecular complexity index is 1480. The predicted octanol–water partition coefficient (Wildman–Crippen LogP) is 3.82. The van der Waals surface area contributed by atoms with Gasteiger partial charge in [0.25, 0.3) is 5.69 Å². The number of benzene rings is 3. The maximum atomic E-state index is 12.1. The van der Waals surface area contributed by atoms with Gasteiger partial charge in [-0.15, -0.1) is 0 Å². The van der Waals surface area contributed by atoms with Crippen LogP contribution in [-0.4, -0.2) is 78.9 Å². The molecule has 0 aromatic heterocycles. The minimum Gasteiger partial charge on any atom is -0.465 e. The van der Waals surface area contributed by atoms with E-state index >= 15 is 0 Å². The number of anilines is 1. The molecule has 3 atom stereocenters. The summed E-state index contributed by atoms with van der Waals surface area (Å²) < 4.78 is 17.8. The van der Waals surface area contributed by atoms with Crippen molar-refractivity contribution in [3.63, 3.8) is 0 Å². The molecule has 2 heterocycles. The number of piperazine rings is 1. The van der Waals surface area contributed by atoms with Crippen LogP contribution in [-0.2, 0) is 32.2 Å². The van der Waals surface area contributed by atoms with Gasteiger partial charge in [0.15, 0.2) is 6.29 Å². The second-order valence-electron chi connectivity index (χ2n) is 11.5. The van der Waals surface area contributed by atoms with Crippen LogP contribution in [0.2, 0.25) is 0 Å². The number of esters is 1. The van der Waals surface area contributed by atoms with Gasteiger partial charge in [-0.2, -0.15) is 0 Å². The number of aliphatic hydroxyl groups is 1. The molecule has 2 amide bonds. The van der Waals surface area contributed by atoms with Gasteiger partial charge in [-0.05, 0) is 35.7 Å². The van der Waals surface area contributed by atoms with Gasteiger partial charge in [0, 0.05) is 69.1 Å². The summed E-state index contributed by atoms with van der Waals surface area (Å²) in [7, 11) is 0. The van der Waals surface area contributed by atoms with E-state index in [1.807, 2.05) is 48.5 Å². The van der Waals surface area contributed by atoms with Crippen molar-refractivity contribution in [3.8, 4) is 0 Å². The van der Waals surface area contributed by atoms with Crippen LogP contribution in [0.4, 0.5) is 16.2 Å². The molecular weight excluding hydrogens is 606 g/mol. The van der Waals surface area contributed by atoms with Gasteiger partial charge in [0.2, 0.25) is 0 Å². The van der Waals surface area contributed by atoms with Gasteiger partial charge in [0.05, 0.1) is 30.3 Å². The standard InChI is InChI=1S/C34H41N5O8/c1-2-45-32(41)21-36-34(42)35-20-24-3-9-27(10-4-24)33-46-30(19-31(47-33)26-7-5-25(23-40)6-8-26)22-37-15-17-38(18-16-37)28-11-13-29(14-12-28)39(43)44/h3-14,30-31,33,40H,2,15-23H2,1H3,(H2,35,36,42)/t30-,31+,33+/m0/s1. The van der Waals surface area contributed by atoms with E-state index < -0.39 is 18.3 Å². The van der Waals surface area contributed by atoms with E-state index in [9.17, 15) is 24.8 Å². The zero-order valence-corrected chi connectivity index (χ0v) is 26.4. The zero-order chi connectivity index (χ0) is 33.2. The Morgan fingerprint density at radius 1 is 0.915 bits per heavy atom. The Morgan fingerprint density at radius 3 is 2.21 bits per heavy atom. The lowest BCUT2D eigenvalue weighted by Gasteiger charge is -2.41. The Morgan fingerprint density at radius 2 is 1.57 bits per heavy atom. The molecule has 13 heteroatoms. The van der Waals surface area contributed by atoms with Gasteiger partial charge in [-0.1, -0.05) is 48.5 Å². The number of nitrogens with one attached hydrogen (secondary N) is 2. The van der Waals surface area contributed by atoms with Crippen molar-refractivity contribution in [2.75, 3.05) is 50.8 Å². The number of urea groups is 1. The first kappa shape index (κ1) is 33.8. The van der Waals surface area contributed by atoms with Crippen LogP contribution >= 0.6 is 0 Å². The number of ether oxygens (including phenoxy) is 3. The summed E-state index contributed by atoms with van der Waals surface area (Å²) in [6.07, 6.45) is -0.253. The summed E-state index contributed by atoms with van der Waals surface area (Å²) in [6.45, 7) is 5.98. The molecule has 13 nitrogen and oxygen atoms in total. The number of nitrogens with zero attached hydrogens (tertiary/aromatic N) is 3. The number of carbonyl (C=O) groups is 2. The van der Waals surface area contributed by atoms with Crippen LogP contribution in [0.25, 0.3) is 0 Å². The first-order valence-electron chi connectivity index (χ1n) is 15.8. The normalized spacial score (nSPS) is 20.0. The maximum absolute atomic E-state index is 12.1. The van der Waals surface area contributed by atoms with E-state index in [1.54, 1.807) is 31.2 Å². The van der Waals surface area contributed by atoms with Crippen molar-refractivity contribution in [3.05, 3.63) is 105 Å². The number of hydrogen-bond acceptors (Lipinski definition) is 10. The predicted molar refractivity (Wildman–Crippen MR) is 173 cm³/mol. The van der Waals surface area contributed by atoms with E-state index in [-0.39, 0.29) is 49.1 Å². The highest BCUT2D eigenvalue weighted by atomic mass is 16.7. The molecule has 0 saturated carbocycles. The van der Waals surface area contributed by atoms with Crippen LogP contribution in [0.15, 0.2) is 72.8 Å².